The molecule has 3 atom stereocenters. The van der Waals surface area contributed by atoms with Gasteiger partial charge in [0, 0.05) is 30.2 Å². The Morgan fingerprint density at radius 2 is 0.477 bits per heavy atom. The molecule has 506 valence electrons. The van der Waals surface area contributed by atoms with Crippen LogP contribution in [-0.2, 0) is 0 Å². The second-order valence-corrected chi connectivity index (χ2v) is 38.5. The van der Waals surface area contributed by atoms with Crippen LogP contribution in [-0.4, -0.2) is 216 Å². The normalized spacial score (nSPS) is 34.2. The van der Waals surface area contributed by atoms with Gasteiger partial charge in [-0.1, -0.05) is 40.5 Å². The molecule has 8 aliphatic heterocycles. The molecule has 9 rings (SSSR count). The molecule has 0 saturated carbocycles. The zero-order valence-corrected chi connectivity index (χ0v) is 60.0. The van der Waals surface area contributed by atoms with Crippen molar-refractivity contribution < 1.29 is 41.7 Å². The Morgan fingerprint density at radius 3 is 0.739 bits per heavy atom. The minimum absolute atomic E-state index is 0.137. The quantitative estimate of drug-likeness (QED) is 0.295. The van der Waals surface area contributed by atoms with Gasteiger partial charge >= 0.3 is 0 Å². The highest BCUT2D eigenvalue weighted by molar-refractivity contribution is 5.50. The molecular weight excluding hydrogens is 1120 g/mol. The number of nitrogens with zero attached hydrogens (tertiary/aromatic N) is 13. The van der Waals surface area contributed by atoms with Crippen LogP contribution in [0.4, 0.5) is 17.8 Å². The molecule has 0 bridgehead atoms. The molecular formula is C66H132N14O8+8. The molecule has 0 aromatic carbocycles. The Hall–Kier alpha value is -2.23. The average Bonchev–Trinajstić information content (AvgIpc) is 0.931. The third-order valence-corrected chi connectivity index (χ3v) is 23.9. The molecule has 9 heterocycles. The van der Waals surface area contributed by atoms with Gasteiger partial charge in [-0.25, -0.2) is 0 Å². The standard InChI is InChI=1S/C66H124N14O8/c1-51(2)27-43(28-64(78(51)86)37-58(15,16)75(83)59(17,18)38-64)67-48-68-49(71(44-29-52(3,4)73(81)53(5,6)30-44)46-33-56(11,12)79(87)65(35-46)39-60(19,20)76(84)61(21,22)40-65)70-50(69-48)72(45-31-54(7,8)74(82)55(9,10)32-45)47-34-57(13,14)80(88)66(36-47)41-62(23,24)77(85)63(25,26)42-66/h43-47,81-88H,27-42H2,1-26H3,(H,67,68,69,70)/p+8. The van der Waals surface area contributed by atoms with Crippen molar-refractivity contribution in [3.8, 4) is 0 Å². The van der Waals surface area contributed by atoms with Gasteiger partial charge < -0.3 is 56.8 Å². The first-order valence-corrected chi connectivity index (χ1v) is 33.6. The van der Waals surface area contributed by atoms with Gasteiger partial charge in [0.15, 0.2) is 0 Å². The van der Waals surface area contributed by atoms with Crippen molar-refractivity contribution >= 4 is 17.8 Å². The van der Waals surface area contributed by atoms with Crippen molar-refractivity contribution in [1.82, 2.24) is 55.5 Å². The lowest BCUT2D eigenvalue weighted by Gasteiger charge is -2.61. The van der Waals surface area contributed by atoms with Crippen LogP contribution in [0.1, 0.15) is 283 Å². The maximum atomic E-state index is 10.3. The number of nitrogens with one attached hydrogen (secondary N) is 1. The molecule has 1 aromatic heterocycles. The number of anilines is 3. The summed E-state index contributed by atoms with van der Waals surface area (Å²) in [5.41, 5.74) is -8.96. The number of hydroxylamine groups is 16. The molecule has 0 amide bonds. The van der Waals surface area contributed by atoms with Crippen molar-refractivity contribution in [2.75, 3.05) is 15.1 Å². The highest BCUT2D eigenvalue weighted by Gasteiger charge is 2.69. The van der Waals surface area contributed by atoms with E-state index in [-0.39, 0.29) is 30.2 Å². The van der Waals surface area contributed by atoms with Crippen molar-refractivity contribution in [3.05, 3.63) is 0 Å². The van der Waals surface area contributed by atoms with Gasteiger partial charge in [0.25, 0.3) is 0 Å². The van der Waals surface area contributed by atoms with E-state index in [9.17, 15) is 41.7 Å². The van der Waals surface area contributed by atoms with Gasteiger partial charge in [0.05, 0.1) is 88.6 Å². The molecule has 8 fully saturated rings. The first-order chi connectivity index (χ1) is 39.4. The molecule has 88 heavy (non-hydrogen) atoms. The molecule has 22 nitrogen and oxygen atoms in total. The van der Waals surface area contributed by atoms with Crippen molar-refractivity contribution in [3.63, 3.8) is 0 Å². The van der Waals surface area contributed by atoms with Gasteiger partial charge in [0.2, 0.25) is 17.8 Å². The largest absolute Gasteiger partial charge is 0.351 e. The van der Waals surface area contributed by atoms with Gasteiger partial charge in [-0.15, -0.1) is 0 Å². The van der Waals surface area contributed by atoms with Crippen LogP contribution in [0.3, 0.4) is 0 Å². The summed E-state index contributed by atoms with van der Waals surface area (Å²) in [7, 11) is 0. The van der Waals surface area contributed by atoms with E-state index in [2.05, 4.69) is 195 Å². The van der Waals surface area contributed by atoms with Crippen LogP contribution in [0.5, 0.6) is 0 Å². The van der Waals surface area contributed by atoms with Gasteiger partial charge in [-0.3, -0.25) is 0 Å². The average molecular weight is 1250 g/mol. The molecule has 22 heteroatoms. The van der Waals surface area contributed by atoms with E-state index >= 15 is 0 Å². The summed E-state index contributed by atoms with van der Waals surface area (Å²) in [6.07, 6.45) is 10.4. The second kappa shape index (κ2) is 21.1. The number of aromatic nitrogens is 3. The molecule has 17 N–H and O–H groups in total. The maximum Gasteiger partial charge on any atom is 0.232 e. The number of rotatable bonds is 8. The fourth-order valence-electron chi connectivity index (χ4n) is 22.1. The highest BCUT2D eigenvalue weighted by Crippen LogP contribution is 2.58. The lowest BCUT2D eigenvalue weighted by atomic mass is 9.63. The van der Waals surface area contributed by atoms with E-state index in [1.54, 1.807) is 15.2 Å². The van der Waals surface area contributed by atoms with Crippen molar-refractivity contribution in [1.29, 1.82) is 0 Å². The summed E-state index contributed by atoms with van der Waals surface area (Å²) in [6.45, 7) is 56.8. The smallest absolute Gasteiger partial charge is 0.232 e. The van der Waals surface area contributed by atoms with Gasteiger partial charge in [0.1, 0.15) is 0 Å². The summed E-state index contributed by atoms with van der Waals surface area (Å²) in [4.78, 5) is 22.9. The van der Waals surface area contributed by atoms with Crippen molar-refractivity contribution in [2.24, 2.45) is 0 Å². The molecule has 3 spiro atoms. The Balaban J connectivity index is 1.32. The second-order valence-electron chi connectivity index (χ2n) is 38.5. The van der Waals surface area contributed by atoms with E-state index in [0.29, 0.717) is 121 Å². The summed E-state index contributed by atoms with van der Waals surface area (Å²) >= 11 is 0. The molecule has 1 aromatic rings. The zero-order chi connectivity index (χ0) is 66.5. The Kier molecular flexibility index (Phi) is 16.8. The summed E-state index contributed by atoms with van der Waals surface area (Å²) in [6, 6.07) is -0.780. The van der Waals surface area contributed by atoms with Crippen LogP contribution in [0.2, 0.25) is 0 Å². The summed E-state index contributed by atoms with van der Waals surface area (Å²) in [5.74, 6) is 1.62. The topological polar surface area (TPSA) is 266 Å². The molecule has 0 aliphatic carbocycles. The Morgan fingerprint density at radius 1 is 0.273 bits per heavy atom. The van der Waals surface area contributed by atoms with Crippen molar-refractivity contribution in [2.45, 2.75) is 402 Å². The van der Waals surface area contributed by atoms with E-state index in [4.69, 9.17) is 15.0 Å². The number of hydrogen-bond donors (Lipinski definition) is 1. The van der Waals surface area contributed by atoms with Crippen LogP contribution < -0.4 is 15.1 Å². The van der Waals surface area contributed by atoms with E-state index in [0.717, 1.165) is 0 Å². The maximum absolute atomic E-state index is 10.3. The first-order valence-electron chi connectivity index (χ1n) is 33.6. The lowest BCUT2D eigenvalue weighted by Crippen LogP contribution is -2.75. The van der Waals surface area contributed by atoms with Gasteiger partial charge in [-0.05, 0) is 283 Å². The summed E-state index contributed by atoms with van der Waals surface area (Å²) in [5, 5.41) is 97.2. The van der Waals surface area contributed by atoms with E-state index < -0.39 is 88.6 Å². The monoisotopic (exact) mass is 1250 g/mol. The van der Waals surface area contributed by atoms with Crippen LogP contribution in [0, 0.1) is 0 Å². The lowest BCUT2D eigenvalue weighted by molar-refractivity contribution is -0.324. The van der Waals surface area contributed by atoms with E-state index in [1.807, 2.05) is 25.3 Å². The predicted molar refractivity (Wildman–Crippen MR) is 356 cm³/mol. The minimum atomic E-state index is -0.624. The van der Waals surface area contributed by atoms with Crippen LogP contribution in [0.15, 0.2) is 0 Å². The predicted octanol–water partition coefficient (Wildman–Crippen LogP) is 5.96. The number of piperidine rings is 8. The molecule has 3 unspecified atom stereocenters. The zero-order valence-electron chi connectivity index (χ0n) is 60.0. The molecule has 0 radical (unpaired) electrons. The molecule has 8 aliphatic rings. The van der Waals surface area contributed by atoms with E-state index in [1.165, 1.54) is 0 Å². The van der Waals surface area contributed by atoms with Crippen LogP contribution >= 0.6 is 0 Å². The fourth-order valence-corrected chi connectivity index (χ4v) is 22.1. The fraction of sp³-hybridized carbons (Fsp3) is 0.955. The third kappa shape index (κ3) is 11.9. The summed E-state index contributed by atoms with van der Waals surface area (Å²) < 4.78 is 0. The number of hydrogen-bond acceptors (Lipinski definition) is 14. The third-order valence-electron chi connectivity index (χ3n) is 23.9. The Bertz CT molecular complexity index is 2530. The highest BCUT2D eigenvalue weighted by atomic mass is 16.5. The van der Waals surface area contributed by atoms with Gasteiger partial charge in [-0.2, -0.15) is 15.0 Å². The minimum Gasteiger partial charge on any atom is -0.351 e. The van der Waals surface area contributed by atoms with Crippen LogP contribution in [0.25, 0.3) is 0 Å². The SMILES string of the molecule is CC1(C)CC(N(c2nc(NC3CC(C)(C)N([OH2+])C4(C3)CC(C)(C)N([OH2+])C(C)(C)C4)nc(N(C3CC(C)(C)N([OH2+])C(C)(C)C3)C3CC(C)(C)N([OH2+])C4(C3)CC(C)(C)N([OH2+])C(C)(C)C4)n2)C2CC(C)(C)N([OH2+])C3(C2)CC(C)(C)N([OH2+])C(C)(C)C3)CC(C)(C)N1[OH2+]. The first kappa shape index (κ1) is 70.1. The molecule has 8 saturated heterocycles. The Labute approximate surface area is 529 Å².